The van der Waals surface area contributed by atoms with E-state index in [0.717, 1.165) is 6.42 Å². The van der Waals surface area contributed by atoms with Crippen molar-refractivity contribution in [1.29, 1.82) is 0 Å². The van der Waals surface area contributed by atoms with Gasteiger partial charge in [-0.2, -0.15) is 0 Å². The Morgan fingerprint density at radius 1 is 0.486 bits per heavy atom. The molecule has 4 aliphatic rings. The monoisotopic (exact) mass is 971 g/mol. The second-order valence-electron chi connectivity index (χ2n) is 24.2. The van der Waals surface area contributed by atoms with Crippen molar-refractivity contribution in [3.63, 3.8) is 0 Å². The summed E-state index contributed by atoms with van der Waals surface area (Å²) in [5.41, 5.74) is 21.1. The third kappa shape index (κ3) is 6.09. The highest BCUT2D eigenvalue weighted by molar-refractivity contribution is 7.26. The zero-order valence-corrected chi connectivity index (χ0v) is 45.1. The van der Waals surface area contributed by atoms with Gasteiger partial charge in [0.05, 0.1) is 15.9 Å². The van der Waals surface area contributed by atoms with Crippen molar-refractivity contribution < 1.29 is 0 Å². The first kappa shape index (κ1) is 44.4. The van der Waals surface area contributed by atoms with Crippen LogP contribution in [0.3, 0.4) is 0 Å². The topological polar surface area (TPSA) is 9.72 Å². The Balaban J connectivity index is 1.14. The van der Waals surface area contributed by atoms with Crippen LogP contribution in [0.2, 0.25) is 0 Å². The van der Waals surface area contributed by atoms with Crippen LogP contribution in [0, 0.1) is 13.8 Å². The number of anilines is 8. The summed E-state index contributed by atoms with van der Waals surface area (Å²) in [6.07, 6.45) is 4.80. The number of benzene rings is 8. The van der Waals surface area contributed by atoms with Gasteiger partial charge in [0, 0.05) is 80.9 Å². The Bertz CT molecular complexity index is 3960. The number of aryl methyl sites for hydroxylation is 2. The maximum Gasteiger partial charge on any atom is 0.252 e. The highest BCUT2D eigenvalue weighted by Gasteiger charge is 2.59. The summed E-state index contributed by atoms with van der Waals surface area (Å²) in [6, 6.07) is 57.4. The number of thiophene rings is 2. The summed E-state index contributed by atoms with van der Waals surface area (Å²) >= 11 is 3.84. The molecule has 14 rings (SSSR count). The molecule has 72 heavy (non-hydrogen) atoms. The van der Waals surface area contributed by atoms with Crippen molar-refractivity contribution in [2.75, 3.05) is 14.7 Å². The van der Waals surface area contributed by atoms with E-state index in [1.54, 1.807) is 5.56 Å². The Labute approximate surface area is 433 Å². The quantitative estimate of drug-likeness (QED) is 0.163. The third-order valence-corrected chi connectivity index (χ3v) is 20.2. The highest BCUT2D eigenvalue weighted by atomic mass is 32.1. The molecule has 2 unspecified atom stereocenters. The van der Waals surface area contributed by atoms with Gasteiger partial charge in [-0.05, 0) is 149 Å². The van der Waals surface area contributed by atoms with Gasteiger partial charge in [0.2, 0.25) is 0 Å². The second kappa shape index (κ2) is 15.1. The van der Waals surface area contributed by atoms with E-state index < -0.39 is 0 Å². The first-order valence-electron chi connectivity index (χ1n) is 26.3. The van der Waals surface area contributed by atoms with Gasteiger partial charge >= 0.3 is 0 Å². The first-order valence-corrected chi connectivity index (χ1v) is 28.0. The molecule has 10 aromatic rings. The molecule has 0 N–H and O–H groups in total. The Morgan fingerprint density at radius 3 is 1.78 bits per heavy atom. The van der Waals surface area contributed by atoms with Crippen LogP contribution in [0.25, 0.3) is 40.3 Å². The normalized spacial score (nSPS) is 19.3. The molecular weight excluding hydrogens is 910 g/mol. The maximum absolute atomic E-state index is 2.84. The van der Waals surface area contributed by atoms with E-state index in [9.17, 15) is 0 Å². The van der Waals surface area contributed by atoms with E-state index in [1.165, 1.54) is 144 Å². The lowest BCUT2D eigenvalue weighted by Crippen LogP contribution is -2.62. The largest absolute Gasteiger partial charge is 0.334 e. The fraction of sp³-hybridized carbons (Fsp3) is 0.273. The average molecular weight is 972 g/mol. The zero-order valence-electron chi connectivity index (χ0n) is 43.4. The highest BCUT2D eigenvalue weighted by Crippen LogP contribution is 2.63. The van der Waals surface area contributed by atoms with E-state index in [0.29, 0.717) is 0 Å². The van der Waals surface area contributed by atoms with Gasteiger partial charge in [-0.25, -0.2) is 0 Å². The number of hydrogen-bond donors (Lipinski definition) is 0. The van der Waals surface area contributed by atoms with Gasteiger partial charge in [0.15, 0.2) is 0 Å². The molecule has 0 radical (unpaired) electrons. The lowest BCUT2D eigenvalue weighted by atomic mass is 9.33. The Hall–Kier alpha value is -6.34. The van der Waals surface area contributed by atoms with Crippen LogP contribution in [-0.2, 0) is 16.2 Å². The van der Waals surface area contributed by atoms with Crippen LogP contribution in [-0.4, -0.2) is 12.3 Å². The van der Waals surface area contributed by atoms with Gasteiger partial charge < -0.3 is 14.7 Å². The van der Waals surface area contributed by atoms with Gasteiger partial charge in [0.1, 0.15) is 0 Å². The van der Waals surface area contributed by atoms with Crippen molar-refractivity contribution in [3.05, 3.63) is 173 Å². The molecule has 0 bridgehead atoms. The Morgan fingerprint density at radius 2 is 1.08 bits per heavy atom. The van der Waals surface area contributed by atoms with E-state index in [1.807, 2.05) is 22.7 Å². The van der Waals surface area contributed by atoms with Crippen molar-refractivity contribution >= 4 is 132 Å². The predicted molar refractivity (Wildman–Crippen MR) is 316 cm³/mol. The first-order chi connectivity index (χ1) is 34.5. The molecule has 8 aromatic carbocycles. The molecule has 0 spiro atoms. The molecule has 1 fully saturated rings. The molecule has 6 heteroatoms. The summed E-state index contributed by atoms with van der Waals surface area (Å²) in [6.45, 7) is 24.1. The molecular formula is C66H62BN3S2. The summed E-state index contributed by atoms with van der Waals surface area (Å²) < 4.78 is 5.29. The summed E-state index contributed by atoms with van der Waals surface area (Å²) in [5, 5.41) is 5.29. The predicted octanol–water partition coefficient (Wildman–Crippen LogP) is 17.5. The van der Waals surface area contributed by atoms with Gasteiger partial charge in [-0.15, -0.1) is 22.7 Å². The van der Waals surface area contributed by atoms with Crippen molar-refractivity contribution in [1.82, 2.24) is 0 Å². The van der Waals surface area contributed by atoms with E-state index >= 15 is 0 Å². The summed E-state index contributed by atoms with van der Waals surface area (Å²) in [7, 11) is 0. The number of rotatable bonds is 3. The van der Waals surface area contributed by atoms with Gasteiger partial charge in [0.25, 0.3) is 6.71 Å². The lowest BCUT2D eigenvalue weighted by molar-refractivity contribution is 0.194. The minimum Gasteiger partial charge on any atom is -0.334 e. The minimum atomic E-state index is -0.133. The summed E-state index contributed by atoms with van der Waals surface area (Å²) in [5.74, 6) is 0. The van der Waals surface area contributed by atoms with Crippen molar-refractivity contribution in [3.8, 4) is 0 Å². The third-order valence-electron chi connectivity index (χ3n) is 17.8. The van der Waals surface area contributed by atoms with Gasteiger partial charge in [-0.1, -0.05) is 146 Å². The number of nitrogens with zero attached hydrogens (tertiary/aromatic N) is 3. The molecule has 2 aromatic heterocycles. The molecule has 2 atom stereocenters. The van der Waals surface area contributed by atoms with E-state index in [-0.39, 0.29) is 28.5 Å². The SMILES string of the molecule is Cc1cc(C)c2c(c1)N(c1cc3c4c(c1)N(c1cccc5c1sc1ccccc15)c1ccc(C(C)(C)C)cc1B4c1cc(C(C)(C)C)ccc1N3c1ccc3c(c1)sc1ccccc13)C1(C)CCCCC21C. The van der Waals surface area contributed by atoms with Crippen LogP contribution in [0.4, 0.5) is 45.5 Å². The van der Waals surface area contributed by atoms with E-state index in [2.05, 4.69) is 230 Å². The van der Waals surface area contributed by atoms with Crippen LogP contribution in [0.15, 0.2) is 146 Å². The fourth-order valence-electron chi connectivity index (χ4n) is 14.1. The minimum absolute atomic E-state index is 0.00575. The molecule has 1 aliphatic carbocycles. The van der Waals surface area contributed by atoms with Crippen molar-refractivity contribution in [2.45, 2.75) is 117 Å². The average Bonchev–Trinajstić information content (AvgIpc) is 3.98. The molecule has 0 amide bonds. The van der Waals surface area contributed by atoms with Gasteiger partial charge in [-0.3, -0.25) is 0 Å². The van der Waals surface area contributed by atoms with Crippen LogP contribution < -0.4 is 31.1 Å². The number of fused-ring (bicyclic) bond motifs is 13. The zero-order chi connectivity index (χ0) is 49.4. The molecule has 5 heterocycles. The van der Waals surface area contributed by atoms with Crippen LogP contribution in [0.5, 0.6) is 0 Å². The molecule has 356 valence electrons. The summed E-state index contributed by atoms with van der Waals surface area (Å²) in [4.78, 5) is 8.21. The van der Waals surface area contributed by atoms with E-state index in [4.69, 9.17) is 0 Å². The smallest absolute Gasteiger partial charge is 0.252 e. The number of hydrogen-bond acceptors (Lipinski definition) is 5. The van der Waals surface area contributed by atoms with Crippen LogP contribution in [0.1, 0.15) is 109 Å². The maximum atomic E-state index is 2.84. The molecule has 0 saturated heterocycles. The lowest BCUT2D eigenvalue weighted by Gasteiger charge is -2.51. The fourth-order valence-corrected chi connectivity index (χ4v) is 16.5. The molecule has 3 aliphatic heterocycles. The molecule has 1 saturated carbocycles. The Kier molecular flexibility index (Phi) is 9.32. The molecule has 3 nitrogen and oxygen atoms in total. The second-order valence-corrected chi connectivity index (χ2v) is 26.3. The van der Waals surface area contributed by atoms with Crippen molar-refractivity contribution in [2.24, 2.45) is 0 Å². The standard InChI is InChI=1S/C66H62BN3S2/c1-39-32-40(2)60-54(33-39)70(66(10)31-16-15-30-65(60,66)9)44-36-55-61-56(37-44)69(53-21-17-20-48-46-19-12-14-23-58(46)72-62(48)53)52-29-25-42(64(6,7)8)35-50(52)67(61)49-34-41(63(3,4)5)24-28-51(49)68(55)43-26-27-47-45-18-11-13-22-57(45)71-59(47)38-43/h11-14,17-29,32-38H,15-16,30-31H2,1-10H3. The van der Waals surface area contributed by atoms with Crippen LogP contribution >= 0.6 is 22.7 Å².